The van der Waals surface area contributed by atoms with Gasteiger partial charge in [0, 0.05) is 24.8 Å². The van der Waals surface area contributed by atoms with Crippen LogP contribution in [0.5, 0.6) is 0 Å². The van der Waals surface area contributed by atoms with Gasteiger partial charge in [-0.25, -0.2) is 8.42 Å². The van der Waals surface area contributed by atoms with Gasteiger partial charge in [0.15, 0.2) is 0 Å². The van der Waals surface area contributed by atoms with Crippen LogP contribution in [0.1, 0.15) is 31.7 Å². The number of amides is 1. The zero-order valence-corrected chi connectivity index (χ0v) is 16.9. The molecule has 2 saturated heterocycles. The summed E-state index contributed by atoms with van der Waals surface area (Å²) in [5, 5.41) is 2.86. The maximum Gasteiger partial charge on any atom is 0.243 e. The smallest absolute Gasteiger partial charge is 0.243 e. The third kappa shape index (κ3) is 4.87. The molecule has 0 bridgehead atoms. The number of hydrogen-bond acceptors (Lipinski definition) is 5. The Balaban J connectivity index is 1.72. The van der Waals surface area contributed by atoms with Crippen LogP contribution in [0.2, 0.25) is 0 Å². The highest BCUT2D eigenvalue weighted by atomic mass is 32.2. The Morgan fingerprint density at radius 1 is 1.22 bits per heavy atom. The van der Waals surface area contributed by atoms with E-state index >= 15 is 0 Å². The number of benzene rings is 1. The molecule has 2 aliphatic rings. The number of nitrogens with one attached hydrogen (secondary N) is 1. The fourth-order valence-electron chi connectivity index (χ4n) is 3.66. The molecule has 0 radical (unpaired) electrons. The summed E-state index contributed by atoms with van der Waals surface area (Å²) >= 11 is 0. The van der Waals surface area contributed by atoms with E-state index < -0.39 is 10.0 Å². The van der Waals surface area contributed by atoms with Gasteiger partial charge >= 0.3 is 0 Å². The Hall–Kier alpha value is -1.48. The molecule has 0 aromatic heterocycles. The number of piperidine rings is 1. The van der Waals surface area contributed by atoms with E-state index in [1.165, 1.54) is 10.7 Å². The molecule has 150 valence electrons. The summed E-state index contributed by atoms with van der Waals surface area (Å²) in [7, 11) is -3.60. The quantitative estimate of drug-likeness (QED) is 0.823. The first kappa shape index (κ1) is 20.3. The van der Waals surface area contributed by atoms with Crippen LogP contribution in [-0.2, 0) is 19.6 Å². The molecule has 0 unspecified atom stereocenters. The summed E-state index contributed by atoms with van der Waals surface area (Å²) in [5.74, 6) is -0.109. The van der Waals surface area contributed by atoms with E-state index in [0.717, 1.165) is 19.4 Å². The minimum atomic E-state index is -3.60. The fraction of sp³-hybridized carbons (Fsp3) is 0.632. The lowest BCUT2D eigenvalue weighted by Gasteiger charge is -2.32. The summed E-state index contributed by atoms with van der Waals surface area (Å²) in [6.07, 6.45) is 3.43. The Labute approximate surface area is 161 Å². The van der Waals surface area contributed by atoms with Crippen molar-refractivity contribution in [1.29, 1.82) is 0 Å². The van der Waals surface area contributed by atoms with Crippen molar-refractivity contribution in [3.8, 4) is 0 Å². The Morgan fingerprint density at radius 2 is 1.96 bits per heavy atom. The topological polar surface area (TPSA) is 79.0 Å². The average molecular weight is 396 g/mol. The third-order valence-electron chi connectivity index (χ3n) is 5.35. The van der Waals surface area contributed by atoms with Crippen LogP contribution in [0, 0.1) is 6.92 Å². The largest absolute Gasteiger partial charge is 0.379 e. The summed E-state index contributed by atoms with van der Waals surface area (Å²) < 4.78 is 32.6. The van der Waals surface area contributed by atoms with E-state index in [4.69, 9.17) is 4.74 Å². The number of carbonyl (C=O) groups is 1. The second-order valence-electron chi connectivity index (χ2n) is 7.36. The standard InChI is InChI=1S/C19H29N3O4S/c1-15-6-7-17(20-19(23)14-21-8-4-3-5-16(21)2)13-18(15)27(24,25)22-9-11-26-12-10-22/h6-7,13,16H,3-5,8-12,14H2,1-2H3,(H,20,23)/t16-/m1/s1. The normalized spacial score (nSPS) is 22.5. The Kier molecular flexibility index (Phi) is 6.52. The summed E-state index contributed by atoms with van der Waals surface area (Å²) in [4.78, 5) is 14.9. The first-order valence-corrected chi connectivity index (χ1v) is 11.0. The first-order chi connectivity index (χ1) is 12.9. The third-order valence-corrected chi connectivity index (χ3v) is 7.39. The highest BCUT2D eigenvalue weighted by Gasteiger charge is 2.28. The van der Waals surface area contributed by atoms with Crippen molar-refractivity contribution in [3.63, 3.8) is 0 Å². The molecule has 8 heteroatoms. The highest BCUT2D eigenvalue weighted by molar-refractivity contribution is 7.89. The number of nitrogens with zero attached hydrogens (tertiary/aromatic N) is 2. The van der Waals surface area contributed by atoms with E-state index in [0.29, 0.717) is 50.1 Å². The molecule has 27 heavy (non-hydrogen) atoms. The molecule has 2 fully saturated rings. The molecule has 1 aromatic carbocycles. The molecule has 3 rings (SSSR count). The van der Waals surface area contributed by atoms with Crippen LogP contribution in [0.4, 0.5) is 5.69 Å². The van der Waals surface area contributed by atoms with Gasteiger partial charge < -0.3 is 10.1 Å². The maximum absolute atomic E-state index is 13.0. The van der Waals surface area contributed by atoms with Crippen LogP contribution >= 0.6 is 0 Å². The maximum atomic E-state index is 13.0. The van der Waals surface area contributed by atoms with Crippen molar-refractivity contribution in [1.82, 2.24) is 9.21 Å². The number of rotatable bonds is 5. The van der Waals surface area contributed by atoms with Crippen LogP contribution in [0.25, 0.3) is 0 Å². The zero-order valence-electron chi connectivity index (χ0n) is 16.1. The predicted molar refractivity (Wildman–Crippen MR) is 104 cm³/mol. The van der Waals surface area contributed by atoms with Crippen molar-refractivity contribution in [3.05, 3.63) is 23.8 Å². The average Bonchev–Trinajstić information content (AvgIpc) is 2.66. The summed E-state index contributed by atoms with van der Waals surface area (Å²) in [5.41, 5.74) is 1.19. The molecule has 1 aromatic rings. The molecule has 0 spiro atoms. The fourth-order valence-corrected chi connectivity index (χ4v) is 5.32. The molecular formula is C19H29N3O4S. The van der Waals surface area contributed by atoms with Gasteiger partial charge in [0.1, 0.15) is 0 Å². The molecule has 1 N–H and O–H groups in total. The molecule has 0 saturated carbocycles. The lowest BCUT2D eigenvalue weighted by Crippen LogP contribution is -2.42. The van der Waals surface area contributed by atoms with Crippen molar-refractivity contribution in [2.24, 2.45) is 0 Å². The molecular weight excluding hydrogens is 366 g/mol. The summed E-state index contributed by atoms with van der Waals surface area (Å²) in [6, 6.07) is 5.47. The monoisotopic (exact) mass is 395 g/mol. The molecule has 2 heterocycles. The number of likely N-dealkylation sites (tertiary alicyclic amines) is 1. The van der Waals surface area contributed by atoms with Gasteiger partial charge in [0.25, 0.3) is 0 Å². The van der Waals surface area contributed by atoms with Gasteiger partial charge in [-0.15, -0.1) is 0 Å². The van der Waals surface area contributed by atoms with Crippen molar-refractivity contribution in [2.75, 3.05) is 44.7 Å². The van der Waals surface area contributed by atoms with Gasteiger partial charge in [-0.2, -0.15) is 4.31 Å². The Bertz CT molecular complexity index is 775. The molecule has 1 amide bonds. The summed E-state index contributed by atoms with van der Waals surface area (Å²) in [6.45, 7) is 6.70. The number of anilines is 1. The van der Waals surface area contributed by atoms with E-state index in [9.17, 15) is 13.2 Å². The molecule has 2 aliphatic heterocycles. The van der Waals surface area contributed by atoms with Crippen LogP contribution in [0.15, 0.2) is 23.1 Å². The van der Waals surface area contributed by atoms with Gasteiger partial charge in [-0.3, -0.25) is 9.69 Å². The van der Waals surface area contributed by atoms with Crippen LogP contribution < -0.4 is 5.32 Å². The second-order valence-corrected chi connectivity index (χ2v) is 9.27. The highest BCUT2D eigenvalue weighted by Crippen LogP contribution is 2.24. The van der Waals surface area contributed by atoms with E-state index in [-0.39, 0.29) is 10.8 Å². The number of hydrogen-bond donors (Lipinski definition) is 1. The number of aryl methyl sites for hydroxylation is 1. The van der Waals surface area contributed by atoms with Crippen molar-refractivity contribution >= 4 is 21.6 Å². The first-order valence-electron chi connectivity index (χ1n) is 9.60. The molecule has 7 nitrogen and oxygen atoms in total. The minimum absolute atomic E-state index is 0.109. The van der Waals surface area contributed by atoms with E-state index in [1.807, 2.05) is 0 Å². The van der Waals surface area contributed by atoms with Gasteiger partial charge in [0.05, 0.1) is 24.7 Å². The van der Waals surface area contributed by atoms with E-state index in [1.54, 1.807) is 25.1 Å². The number of sulfonamides is 1. The Morgan fingerprint density at radius 3 is 2.67 bits per heavy atom. The lowest BCUT2D eigenvalue weighted by molar-refractivity contribution is -0.118. The molecule has 0 aliphatic carbocycles. The SMILES string of the molecule is Cc1ccc(NC(=O)CN2CCCC[C@H]2C)cc1S(=O)(=O)N1CCOCC1. The lowest BCUT2D eigenvalue weighted by atomic mass is 10.0. The van der Waals surface area contributed by atoms with Gasteiger partial charge in [-0.05, 0) is 50.9 Å². The van der Waals surface area contributed by atoms with Gasteiger partial charge in [-0.1, -0.05) is 12.5 Å². The number of ether oxygens (including phenoxy) is 1. The predicted octanol–water partition coefficient (Wildman–Crippen LogP) is 1.83. The van der Waals surface area contributed by atoms with E-state index in [2.05, 4.69) is 17.1 Å². The second kappa shape index (κ2) is 8.68. The van der Waals surface area contributed by atoms with Gasteiger partial charge in [0.2, 0.25) is 15.9 Å². The van der Waals surface area contributed by atoms with Crippen LogP contribution in [0.3, 0.4) is 0 Å². The number of morpholine rings is 1. The molecule has 1 atom stereocenters. The van der Waals surface area contributed by atoms with Crippen LogP contribution in [-0.4, -0.2) is 69.0 Å². The van der Waals surface area contributed by atoms with Crippen molar-refractivity contribution in [2.45, 2.75) is 44.0 Å². The zero-order chi connectivity index (χ0) is 19.4. The number of carbonyl (C=O) groups excluding carboxylic acids is 1. The van der Waals surface area contributed by atoms with Crippen molar-refractivity contribution < 1.29 is 17.9 Å². The minimum Gasteiger partial charge on any atom is -0.379 e.